The summed E-state index contributed by atoms with van der Waals surface area (Å²) < 4.78 is 0. The molecule has 7 nitrogen and oxygen atoms in total. The topological polar surface area (TPSA) is 108 Å². The lowest BCUT2D eigenvalue weighted by molar-refractivity contribution is -0.398. The Hall–Kier alpha value is -4.00. The molecule has 150 valence electrons. The predicted octanol–water partition coefficient (Wildman–Crippen LogP) is 3.12. The fraction of sp³-hybridized carbons (Fsp3) is 0.130. The first-order chi connectivity index (χ1) is 14.5. The predicted molar refractivity (Wildman–Crippen MR) is 110 cm³/mol. The number of nitrogens with zero attached hydrogens (tertiary/aromatic N) is 2. The second-order valence-corrected chi connectivity index (χ2v) is 7.18. The molecule has 1 atom stereocenters. The smallest absolute Gasteiger partial charge is 0.262 e. The monoisotopic (exact) mass is 400 g/mol. The molecule has 30 heavy (non-hydrogen) atoms. The molecule has 1 saturated carbocycles. The molecule has 0 aliphatic heterocycles. The molecule has 1 N–H and O–H groups in total. The van der Waals surface area contributed by atoms with Crippen molar-refractivity contribution in [2.45, 2.75) is 11.8 Å². The Morgan fingerprint density at radius 2 is 1.63 bits per heavy atom. The molecule has 3 aromatic rings. The van der Waals surface area contributed by atoms with E-state index in [9.17, 15) is 20.0 Å². The molecule has 0 radical (unpaired) electrons. The highest BCUT2D eigenvalue weighted by Crippen LogP contribution is 2.58. The van der Waals surface area contributed by atoms with Gasteiger partial charge in [-0.05, 0) is 23.3 Å². The molecule has 0 heterocycles. The van der Waals surface area contributed by atoms with Gasteiger partial charge in [-0.2, -0.15) is 5.10 Å². The highest BCUT2D eigenvalue weighted by molar-refractivity contribution is 5.88. The molecule has 1 aliphatic carbocycles. The van der Waals surface area contributed by atoms with Crippen molar-refractivity contribution in [2.75, 3.05) is 0 Å². The van der Waals surface area contributed by atoms with Crippen LogP contribution >= 0.6 is 0 Å². The van der Waals surface area contributed by atoms with E-state index in [1.807, 2.05) is 60.7 Å². The number of hydrazone groups is 1. The van der Waals surface area contributed by atoms with Crippen molar-refractivity contribution in [1.29, 1.82) is 0 Å². The largest absolute Gasteiger partial charge is 0.868 e. The highest BCUT2D eigenvalue weighted by atomic mass is 16.6. The van der Waals surface area contributed by atoms with Crippen molar-refractivity contribution in [3.8, 4) is 5.75 Å². The van der Waals surface area contributed by atoms with Gasteiger partial charge in [-0.1, -0.05) is 72.8 Å². The molecule has 7 heteroatoms. The summed E-state index contributed by atoms with van der Waals surface area (Å²) in [5, 5.41) is 26.3. The Labute approximate surface area is 172 Å². The van der Waals surface area contributed by atoms with Gasteiger partial charge < -0.3 is 5.11 Å². The SMILES string of the molecule is O=C(N/N=C\c1ccc([O-])c([N+](=O)[O-])c1)[C@H]1CC1(c1ccccc1)c1ccccc1. The van der Waals surface area contributed by atoms with E-state index in [4.69, 9.17) is 0 Å². The Kier molecular flexibility index (Phi) is 5.02. The maximum Gasteiger partial charge on any atom is 0.262 e. The van der Waals surface area contributed by atoms with Gasteiger partial charge in [0.2, 0.25) is 5.91 Å². The van der Waals surface area contributed by atoms with Crippen molar-refractivity contribution >= 4 is 17.8 Å². The maximum atomic E-state index is 12.8. The first-order valence-corrected chi connectivity index (χ1v) is 9.42. The van der Waals surface area contributed by atoms with E-state index in [0.29, 0.717) is 12.0 Å². The molecule has 4 rings (SSSR count). The fourth-order valence-corrected chi connectivity index (χ4v) is 3.86. The van der Waals surface area contributed by atoms with E-state index in [1.54, 1.807) is 0 Å². The molecule has 1 amide bonds. The van der Waals surface area contributed by atoms with Crippen molar-refractivity contribution in [1.82, 2.24) is 5.43 Å². The average molecular weight is 400 g/mol. The summed E-state index contributed by atoms with van der Waals surface area (Å²) >= 11 is 0. The summed E-state index contributed by atoms with van der Waals surface area (Å²) in [7, 11) is 0. The zero-order valence-electron chi connectivity index (χ0n) is 15.9. The zero-order valence-corrected chi connectivity index (χ0v) is 15.9. The number of rotatable bonds is 6. The van der Waals surface area contributed by atoms with Crippen LogP contribution in [-0.4, -0.2) is 17.0 Å². The van der Waals surface area contributed by atoms with Gasteiger partial charge in [-0.25, -0.2) is 5.43 Å². The van der Waals surface area contributed by atoms with Crippen LogP contribution in [0.3, 0.4) is 0 Å². The second kappa shape index (κ2) is 7.79. The zero-order chi connectivity index (χ0) is 21.1. The Bertz CT molecular complexity index is 1070. The lowest BCUT2D eigenvalue weighted by Crippen LogP contribution is -2.25. The van der Waals surface area contributed by atoms with Crippen LogP contribution in [0.5, 0.6) is 5.75 Å². The van der Waals surface area contributed by atoms with Crippen LogP contribution in [0.1, 0.15) is 23.1 Å². The molecular formula is C23H18N3O4-. The summed E-state index contributed by atoms with van der Waals surface area (Å²) in [6.07, 6.45) is 1.96. The number of benzene rings is 3. The van der Waals surface area contributed by atoms with Gasteiger partial charge in [0.1, 0.15) is 0 Å². The van der Waals surface area contributed by atoms with Crippen molar-refractivity contribution in [3.05, 3.63) is 106 Å². The van der Waals surface area contributed by atoms with Crippen LogP contribution in [0.2, 0.25) is 0 Å². The lowest BCUT2D eigenvalue weighted by atomic mass is 9.85. The summed E-state index contributed by atoms with van der Waals surface area (Å²) in [4.78, 5) is 23.0. The van der Waals surface area contributed by atoms with E-state index >= 15 is 0 Å². The number of hydrogen-bond acceptors (Lipinski definition) is 5. The summed E-state index contributed by atoms with van der Waals surface area (Å²) in [5.74, 6) is -1.18. The summed E-state index contributed by atoms with van der Waals surface area (Å²) in [5.41, 5.74) is 4.11. The van der Waals surface area contributed by atoms with Crippen LogP contribution in [-0.2, 0) is 10.2 Å². The van der Waals surface area contributed by atoms with Crippen molar-refractivity contribution in [3.63, 3.8) is 0 Å². The molecule has 3 aromatic carbocycles. The molecule has 0 spiro atoms. The van der Waals surface area contributed by atoms with Gasteiger partial charge in [-0.3, -0.25) is 14.9 Å². The van der Waals surface area contributed by atoms with Crippen LogP contribution in [0.4, 0.5) is 5.69 Å². The third kappa shape index (κ3) is 3.53. The Morgan fingerprint density at radius 3 is 2.20 bits per heavy atom. The quantitative estimate of drug-likeness (QED) is 0.390. The number of nitrogens with one attached hydrogen (secondary N) is 1. The first-order valence-electron chi connectivity index (χ1n) is 9.42. The first kappa shape index (κ1) is 19.3. The van der Waals surface area contributed by atoms with Crippen LogP contribution in [0.15, 0.2) is 84.0 Å². The minimum atomic E-state index is -0.740. The van der Waals surface area contributed by atoms with Crippen LogP contribution in [0.25, 0.3) is 0 Å². The van der Waals surface area contributed by atoms with Crippen molar-refractivity contribution in [2.24, 2.45) is 11.0 Å². The number of carbonyl (C=O) groups is 1. The normalized spacial score (nSPS) is 16.9. The molecule has 0 bridgehead atoms. The Morgan fingerprint density at radius 1 is 1.03 bits per heavy atom. The Balaban J connectivity index is 1.52. The van der Waals surface area contributed by atoms with Crippen LogP contribution < -0.4 is 10.5 Å². The van der Waals surface area contributed by atoms with E-state index in [1.165, 1.54) is 12.3 Å². The van der Waals surface area contributed by atoms with Gasteiger partial charge in [-0.15, -0.1) is 0 Å². The van der Waals surface area contributed by atoms with E-state index < -0.39 is 21.8 Å². The minimum absolute atomic E-state index is 0.228. The highest BCUT2D eigenvalue weighted by Gasteiger charge is 2.60. The average Bonchev–Trinajstić information content (AvgIpc) is 3.53. The number of amides is 1. The number of hydrogen-bond donors (Lipinski definition) is 1. The van der Waals surface area contributed by atoms with Gasteiger partial charge in [0.05, 0.1) is 17.1 Å². The third-order valence-corrected chi connectivity index (χ3v) is 5.42. The van der Waals surface area contributed by atoms with E-state index in [-0.39, 0.29) is 11.8 Å². The van der Waals surface area contributed by atoms with Gasteiger partial charge in [0.25, 0.3) is 5.69 Å². The van der Waals surface area contributed by atoms with E-state index in [0.717, 1.165) is 23.3 Å². The number of nitro groups is 1. The molecular weight excluding hydrogens is 382 g/mol. The van der Waals surface area contributed by atoms with Crippen LogP contribution in [0, 0.1) is 16.0 Å². The third-order valence-electron chi connectivity index (χ3n) is 5.42. The maximum absolute atomic E-state index is 12.8. The molecule has 1 aliphatic rings. The van der Waals surface area contributed by atoms with Crippen molar-refractivity contribution < 1.29 is 14.8 Å². The summed E-state index contributed by atoms with van der Waals surface area (Å²) in [6.45, 7) is 0. The standard InChI is InChI=1S/C23H19N3O4/c27-21-12-11-16(13-20(21)26(29)30)15-24-25-22(28)19-14-23(19,17-7-3-1-4-8-17)18-9-5-2-6-10-18/h1-13,15,19,27H,14H2,(H,25,28)/p-1/b24-15-/t19-/m1/s1. The van der Waals surface area contributed by atoms with Gasteiger partial charge in [0.15, 0.2) is 0 Å². The molecule has 0 saturated heterocycles. The van der Waals surface area contributed by atoms with E-state index in [2.05, 4.69) is 10.5 Å². The number of carbonyl (C=O) groups excluding carboxylic acids is 1. The fourth-order valence-electron chi connectivity index (χ4n) is 3.86. The summed E-state index contributed by atoms with van der Waals surface area (Å²) in [6, 6.07) is 23.4. The molecule has 1 fully saturated rings. The molecule has 0 aromatic heterocycles. The minimum Gasteiger partial charge on any atom is -0.868 e. The van der Waals surface area contributed by atoms with Gasteiger partial charge >= 0.3 is 0 Å². The number of nitro benzene ring substituents is 1. The lowest BCUT2D eigenvalue weighted by Gasteiger charge is -2.18. The second-order valence-electron chi connectivity index (χ2n) is 7.18. The molecule has 0 unspecified atom stereocenters. The van der Waals surface area contributed by atoms with Gasteiger partial charge in [0, 0.05) is 17.0 Å².